The van der Waals surface area contributed by atoms with Gasteiger partial charge < -0.3 is 4.42 Å². The maximum absolute atomic E-state index is 12.8. The van der Waals surface area contributed by atoms with Crippen LogP contribution < -0.4 is 5.43 Å². The average Bonchev–Trinajstić information content (AvgIpc) is 2.57. The van der Waals surface area contributed by atoms with Gasteiger partial charge in [0.25, 0.3) is 0 Å². The molecule has 0 atom stereocenters. The first-order valence-electron chi connectivity index (χ1n) is 8.24. The summed E-state index contributed by atoms with van der Waals surface area (Å²) in [6.07, 6.45) is 4.94. The fourth-order valence-electron chi connectivity index (χ4n) is 3.65. The minimum Gasteiger partial charge on any atom is -0.465 e. The van der Waals surface area contributed by atoms with Crippen LogP contribution in [0.2, 0.25) is 0 Å². The molecule has 0 bridgehead atoms. The number of aryl methyl sites for hydroxylation is 1. The zero-order valence-corrected chi connectivity index (χ0v) is 12.8. The molecular formula is C19H21NO2. The van der Waals surface area contributed by atoms with Gasteiger partial charge in [0.05, 0.1) is 5.56 Å². The van der Waals surface area contributed by atoms with Gasteiger partial charge in [0.1, 0.15) is 11.5 Å². The normalized spacial score (nSPS) is 17.8. The summed E-state index contributed by atoms with van der Waals surface area (Å²) in [5.41, 5.74) is 3.41. The minimum absolute atomic E-state index is 0.258. The van der Waals surface area contributed by atoms with Crippen molar-refractivity contribution < 1.29 is 4.42 Å². The Kier molecular flexibility index (Phi) is 3.59. The van der Waals surface area contributed by atoms with E-state index in [1.54, 1.807) is 0 Å². The van der Waals surface area contributed by atoms with E-state index in [9.17, 15) is 4.79 Å². The number of fused-ring (bicyclic) bond motifs is 2. The van der Waals surface area contributed by atoms with Crippen molar-refractivity contribution in [1.29, 1.82) is 0 Å². The molecule has 4 rings (SSSR count). The molecule has 3 heteroatoms. The fraction of sp³-hybridized carbons (Fsp3) is 0.421. The van der Waals surface area contributed by atoms with Crippen molar-refractivity contribution in [2.24, 2.45) is 0 Å². The van der Waals surface area contributed by atoms with Crippen LogP contribution in [0.15, 0.2) is 39.5 Å². The van der Waals surface area contributed by atoms with Gasteiger partial charge >= 0.3 is 0 Å². The third-order valence-electron chi connectivity index (χ3n) is 4.83. The summed E-state index contributed by atoms with van der Waals surface area (Å²) in [5.74, 6) is 1.90. The number of hydrogen-bond acceptors (Lipinski definition) is 3. The Bertz CT molecular complexity index is 733. The molecule has 22 heavy (non-hydrogen) atoms. The largest absolute Gasteiger partial charge is 0.465 e. The van der Waals surface area contributed by atoms with Gasteiger partial charge in [-0.25, -0.2) is 0 Å². The maximum Gasteiger partial charge on any atom is 0.193 e. The zero-order chi connectivity index (χ0) is 14.9. The quantitative estimate of drug-likeness (QED) is 0.853. The lowest BCUT2D eigenvalue weighted by molar-refractivity contribution is 0.223. The van der Waals surface area contributed by atoms with E-state index in [1.807, 2.05) is 6.07 Å². The molecule has 0 unspecified atom stereocenters. The SMILES string of the molecule is O=c1c2c(oc3c1CN(Cc1ccccc1)CC3)CCCC2. The zero-order valence-electron chi connectivity index (χ0n) is 12.8. The highest BCUT2D eigenvalue weighted by Crippen LogP contribution is 2.25. The van der Waals surface area contributed by atoms with Gasteiger partial charge in [-0.15, -0.1) is 0 Å². The van der Waals surface area contributed by atoms with Crippen LogP contribution in [0.3, 0.4) is 0 Å². The lowest BCUT2D eigenvalue weighted by atomic mass is 9.93. The van der Waals surface area contributed by atoms with Crippen molar-refractivity contribution in [1.82, 2.24) is 4.90 Å². The van der Waals surface area contributed by atoms with Crippen molar-refractivity contribution in [2.45, 2.75) is 45.2 Å². The molecule has 1 aromatic carbocycles. The van der Waals surface area contributed by atoms with Crippen LogP contribution in [0.4, 0.5) is 0 Å². The molecule has 0 fully saturated rings. The van der Waals surface area contributed by atoms with Crippen molar-refractivity contribution >= 4 is 0 Å². The first kappa shape index (κ1) is 13.8. The Morgan fingerprint density at radius 1 is 0.955 bits per heavy atom. The molecule has 0 radical (unpaired) electrons. The molecule has 0 saturated heterocycles. The van der Waals surface area contributed by atoms with Gasteiger partial charge in [-0.05, 0) is 24.8 Å². The first-order valence-corrected chi connectivity index (χ1v) is 8.24. The fourth-order valence-corrected chi connectivity index (χ4v) is 3.65. The topological polar surface area (TPSA) is 33.5 Å². The van der Waals surface area contributed by atoms with Crippen LogP contribution in [-0.2, 0) is 32.4 Å². The lowest BCUT2D eigenvalue weighted by Gasteiger charge is -2.29. The van der Waals surface area contributed by atoms with E-state index in [4.69, 9.17) is 4.42 Å². The summed E-state index contributed by atoms with van der Waals surface area (Å²) < 4.78 is 6.07. The Morgan fingerprint density at radius 2 is 1.73 bits per heavy atom. The van der Waals surface area contributed by atoms with E-state index < -0.39 is 0 Å². The van der Waals surface area contributed by atoms with E-state index in [1.165, 1.54) is 5.56 Å². The molecule has 2 heterocycles. The van der Waals surface area contributed by atoms with Crippen LogP contribution in [0, 0.1) is 0 Å². The predicted octanol–water partition coefficient (Wildman–Crippen LogP) is 3.08. The molecule has 1 aliphatic heterocycles. The van der Waals surface area contributed by atoms with E-state index in [-0.39, 0.29) is 5.43 Å². The second-order valence-corrected chi connectivity index (χ2v) is 6.39. The molecule has 114 valence electrons. The average molecular weight is 295 g/mol. The van der Waals surface area contributed by atoms with E-state index >= 15 is 0 Å². The van der Waals surface area contributed by atoms with Gasteiger partial charge in [-0.3, -0.25) is 9.69 Å². The Balaban J connectivity index is 1.62. The summed E-state index contributed by atoms with van der Waals surface area (Å²) in [5, 5.41) is 0. The van der Waals surface area contributed by atoms with Gasteiger partial charge in [0.15, 0.2) is 5.43 Å². The molecule has 0 saturated carbocycles. The summed E-state index contributed by atoms with van der Waals surface area (Å²) in [6, 6.07) is 10.5. The molecule has 1 aromatic heterocycles. The summed E-state index contributed by atoms with van der Waals surface area (Å²) in [6.45, 7) is 2.58. The molecule has 2 aliphatic rings. The second-order valence-electron chi connectivity index (χ2n) is 6.39. The predicted molar refractivity (Wildman–Crippen MR) is 85.9 cm³/mol. The molecule has 0 amide bonds. The lowest BCUT2D eigenvalue weighted by Crippen LogP contribution is -2.35. The van der Waals surface area contributed by atoms with Crippen molar-refractivity contribution in [2.75, 3.05) is 6.54 Å². The standard InChI is InChI=1S/C19H21NO2/c21-19-15-8-4-5-9-17(15)22-18-10-11-20(13-16(18)19)12-14-6-2-1-3-7-14/h1-3,6-7H,4-5,8-13H2. The molecule has 0 spiro atoms. The van der Waals surface area contributed by atoms with E-state index in [2.05, 4.69) is 29.2 Å². The number of nitrogens with zero attached hydrogens (tertiary/aromatic N) is 1. The molecular weight excluding hydrogens is 274 g/mol. The Labute approximate surface area is 130 Å². The van der Waals surface area contributed by atoms with Gasteiger partial charge in [0, 0.05) is 38.0 Å². The maximum atomic E-state index is 12.8. The van der Waals surface area contributed by atoms with Gasteiger partial charge in [-0.1, -0.05) is 30.3 Å². The summed E-state index contributed by atoms with van der Waals surface area (Å²) >= 11 is 0. The van der Waals surface area contributed by atoms with Crippen LogP contribution in [-0.4, -0.2) is 11.4 Å². The highest BCUT2D eigenvalue weighted by Gasteiger charge is 2.26. The molecule has 1 aliphatic carbocycles. The summed E-state index contributed by atoms with van der Waals surface area (Å²) in [4.78, 5) is 15.1. The molecule has 2 aromatic rings. The van der Waals surface area contributed by atoms with Crippen LogP contribution >= 0.6 is 0 Å². The molecule has 0 N–H and O–H groups in total. The summed E-state index contributed by atoms with van der Waals surface area (Å²) in [7, 11) is 0. The van der Waals surface area contributed by atoms with Crippen molar-refractivity contribution in [3.8, 4) is 0 Å². The minimum atomic E-state index is 0.258. The van der Waals surface area contributed by atoms with Crippen molar-refractivity contribution in [3.63, 3.8) is 0 Å². The van der Waals surface area contributed by atoms with E-state index in [0.717, 1.165) is 74.4 Å². The van der Waals surface area contributed by atoms with Crippen LogP contribution in [0.1, 0.15) is 41.1 Å². The number of benzene rings is 1. The highest BCUT2D eigenvalue weighted by atomic mass is 16.3. The Morgan fingerprint density at radius 3 is 2.59 bits per heavy atom. The highest BCUT2D eigenvalue weighted by molar-refractivity contribution is 5.31. The monoisotopic (exact) mass is 295 g/mol. The Hall–Kier alpha value is -1.87. The smallest absolute Gasteiger partial charge is 0.193 e. The van der Waals surface area contributed by atoms with Gasteiger partial charge in [0.2, 0.25) is 0 Å². The van der Waals surface area contributed by atoms with Crippen LogP contribution in [0.25, 0.3) is 0 Å². The number of rotatable bonds is 2. The van der Waals surface area contributed by atoms with E-state index in [0.29, 0.717) is 0 Å². The van der Waals surface area contributed by atoms with Crippen LogP contribution in [0.5, 0.6) is 0 Å². The third kappa shape index (κ3) is 2.50. The first-order chi connectivity index (χ1) is 10.8. The second kappa shape index (κ2) is 5.73. The third-order valence-corrected chi connectivity index (χ3v) is 4.83. The number of hydrogen-bond donors (Lipinski definition) is 0. The molecule has 3 nitrogen and oxygen atoms in total. The van der Waals surface area contributed by atoms with Crippen molar-refractivity contribution in [3.05, 3.63) is 68.8 Å². The van der Waals surface area contributed by atoms with Gasteiger partial charge in [-0.2, -0.15) is 0 Å².